The molecule has 0 spiro atoms. The van der Waals surface area contributed by atoms with E-state index in [-0.39, 0.29) is 10.3 Å². The molecule has 1 saturated carbocycles. The molecule has 2 rings (SSSR count). The number of benzene rings is 1. The molecule has 1 fully saturated rings. The van der Waals surface area contributed by atoms with Gasteiger partial charge in [-0.05, 0) is 58.8 Å². The fourth-order valence-electron chi connectivity index (χ4n) is 1.70. The minimum atomic E-state index is -3.47. The van der Waals surface area contributed by atoms with E-state index >= 15 is 0 Å². The first kappa shape index (κ1) is 13.8. The summed E-state index contributed by atoms with van der Waals surface area (Å²) in [7, 11) is -3.47. The van der Waals surface area contributed by atoms with E-state index in [0.29, 0.717) is 22.3 Å². The van der Waals surface area contributed by atoms with E-state index in [0.717, 1.165) is 12.8 Å². The Morgan fingerprint density at radius 2 is 2.06 bits per heavy atom. The van der Waals surface area contributed by atoms with Gasteiger partial charge < -0.3 is 5.73 Å². The number of anilines is 1. The molecule has 0 bridgehead atoms. The van der Waals surface area contributed by atoms with Gasteiger partial charge in [-0.3, -0.25) is 0 Å². The van der Waals surface area contributed by atoms with Crippen LogP contribution in [0.25, 0.3) is 0 Å². The number of sulfonamides is 1. The average Bonchev–Trinajstić information content (AvgIpc) is 3.00. The summed E-state index contributed by atoms with van der Waals surface area (Å²) in [5.41, 5.74) is 7.00. The predicted octanol–water partition coefficient (Wildman–Crippen LogP) is 2.42. The van der Waals surface area contributed by atoms with Gasteiger partial charge in [-0.15, -0.1) is 0 Å². The Labute approximate surface area is 116 Å². The summed E-state index contributed by atoms with van der Waals surface area (Å²) in [5, 5.41) is 0. The Morgan fingerprint density at radius 3 is 2.61 bits per heavy atom. The van der Waals surface area contributed by atoms with Crippen molar-refractivity contribution in [3.8, 4) is 0 Å². The molecule has 1 aliphatic carbocycles. The molecule has 0 heterocycles. The number of nitrogens with one attached hydrogen (secondary N) is 1. The number of aryl methyl sites for hydroxylation is 1. The lowest BCUT2D eigenvalue weighted by molar-refractivity contribution is 0.530. The molecule has 0 saturated heterocycles. The highest BCUT2D eigenvalue weighted by Gasteiger charge is 2.38. The highest BCUT2D eigenvalue weighted by Crippen LogP contribution is 2.44. The van der Waals surface area contributed by atoms with Crippen LogP contribution in [0.5, 0.6) is 0 Å². The first-order chi connectivity index (χ1) is 8.23. The van der Waals surface area contributed by atoms with Gasteiger partial charge in [0.15, 0.2) is 0 Å². The lowest BCUT2D eigenvalue weighted by Crippen LogP contribution is -2.29. The van der Waals surface area contributed by atoms with E-state index in [9.17, 15) is 8.42 Å². The topological polar surface area (TPSA) is 72.2 Å². The van der Waals surface area contributed by atoms with Crippen molar-refractivity contribution in [1.29, 1.82) is 0 Å². The number of rotatable bonds is 4. The van der Waals surface area contributed by atoms with Gasteiger partial charge in [-0.2, -0.15) is 0 Å². The molecule has 6 heteroatoms. The van der Waals surface area contributed by atoms with Crippen LogP contribution in [0.2, 0.25) is 0 Å². The monoisotopic (exact) mass is 332 g/mol. The molecule has 0 radical (unpaired) electrons. The molecular formula is C12H17BrN2O2S. The Hall–Kier alpha value is -0.590. The van der Waals surface area contributed by atoms with Crippen molar-refractivity contribution in [2.45, 2.75) is 31.6 Å². The normalized spacial score (nSPS) is 17.7. The second-order valence-corrected chi connectivity index (χ2v) is 7.86. The fourth-order valence-corrected chi connectivity index (χ4v) is 3.61. The number of hydrogen-bond donors (Lipinski definition) is 2. The average molecular weight is 333 g/mol. The van der Waals surface area contributed by atoms with Gasteiger partial charge >= 0.3 is 0 Å². The summed E-state index contributed by atoms with van der Waals surface area (Å²) >= 11 is 3.29. The first-order valence-electron chi connectivity index (χ1n) is 5.79. The SMILES string of the molecule is Cc1cc(Br)c(N)cc1S(=O)(=O)NCC1(C)CC1. The van der Waals surface area contributed by atoms with Crippen molar-refractivity contribution in [1.82, 2.24) is 4.72 Å². The molecule has 0 atom stereocenters. The molecule has 1 aromatic rings. The summed E-state index contributed by atoms with van der Waals surface area (Å²) in [6.45, 7) is 4.33. The zero-order valence-electron chi connectivity index (χ0n) is 10.5. The molecule has 4 nitrogen and oxygen atoms in total. The van der Waals surface area contributed by atoms with Crippen LogP contribution in [0.4, 0.5) is 5.69 Å². The van der Waals surface area contributed by atoms with Gasteiger partial charge in [0.2, 0.25) is 10.0 Å². The van der Waals surface area contributed by atoms with Crippen LogP contribution in [0, 0.1) is 12.3 Å². The van der Waals surface area contributed by atoms with Crippen molar-refractivity contribution in [2.75, 3.05) is 12.3 Å². The molecule has 0 aromatic heterocycles. The van der Waals surface area contributed by atoms with Gasteiger partial charge in [-0.25, -0.2) is 13.1 Å². The van der Waals surface area contributed by atoms with E-state index in [2.05, 4.69) is 27.6 Å². The van der Waals surface area contributed by atoms with E-state index in [4.69, 9.17) is 5.73 Å². The molecule has 1 aromatic carbocycles. The molecule has 100 valence electrons. The quantitative estimate of drug-likeness (QED) is 0.831. The van der Waals surface area contributed by atoms with Crippen LogP contribution < -0.4 is 10.5 Å². The summed E-state index contributed by atoms with van der Waals surface area (Å²) in [6, 6.07) is 3.22. The molecule has 1 aliphatic rings. The van der Waals surface area contributed by atoms with Gasteiger partial charge in [0, 0.05) is 16.7 Å². The van der Waals surface area contributed by atoms with Crippen molar-refractivity contribution in [3.63, 3.8) is 0 Å². The summed E-state index contributed by atoms with van der Waals surface area (Å²) < 4.78 is 27.8. The van der Waals surface area contributed by atoms with E-state index in [1.54, 1.807) is 13.0 Å². The first-order valence-corrected chi connectivity index (χ1v) is 8.06. The molecule has 0 amide bonds. The van der Waals surface area contributed by atoms with Crippen molar-refractivity contribution in [3.05, 3.63) is 22.2 Å². The maximum Gasteiger partial charge on any atom is 0.240 e. The number of nitrogen functional groups attached to an aromatic ring is 1. The molecule has 0 aliphatic heterocycles. The third-order valence-corrected chi connectivity index (χ3v) is 5.61. The fraction of sp³-hybridized carbons (Fsp3) is 0.500. The van der Waals surface area contributed by atoms with Gasteiger partial charge in [0.1, 0.15) is 0 Å². The molecule has 0 unspecified atom stereocenters. The van der Waals surface area contributed by atoms with Crippen LogP contribution in [-0.2, 0) is 10.0 Å². The molecule has 3 N–H and O–H groups in total. The zero-order chi connectivity index (χ0) is 13.6. The smallest absolute Gasteiger partial charge is 0.240 e. The van der Waals surface area contributed by atoms with E-state index in [1.807, 2.05) is 0 Å². The maximum atomic E-state index is 12.2. The largest absolute Gasteiger partial charge is 0.398 e. The summed E-state index contributed by atoms with van der Waals surface area (Å²) in [4.78, 5) is 0.257. The number of hydrogen-bond acceptors (Lipinski definition) is 3. The minimum absolute atomic E-state index is 0.141. The molecular weight excluding hydrogens is 316 g/mol. The Balaban J connectivity index is 2.26. The predicted molar refractivity (Wildman–Crippen MR) is 75.8 cm³/mol. The highest BCUT2D eigenvalue weighted by atomic mass is 79.9. The van der Waals surface area contributed by atoms with Crippen LogP contribution in [0.1, 0.15) is 25.3 Å². The highest BCUT2D eigenvalue weighted by molar-refractivity contribution is 9.10. The van der Waals surface area contributed by atoms with Gasteiger partial charge in [0.25, 0.3) is 0 Å². The van der Waals surface area contributed by atoms with Crippen molar-refractivity contribution < 1.29 is 8.42 Å². The van der Waals surface area contributed by atoms with E-state index in [1.165, 1.54) is 6.07 Å². The Bertz CT molecular complexity index is 580. The Morgan fingerprint density at radius 1 is 1.44 bits per heavy atom. The second-order valence-electron chi connectivity index (χ2n) is 5.27. The lowest BCUT2D eigenvalue weighted by atomic mass is 10.2. The van der Waals surface area contributed by atoms with Gasteiger partial charge in [-0.1, -0.05) is 6.92 Å². The molecule has 18 heavy (non-hydrogen) atoms. The van der Waals surface area contributed by atoms with Crippen LogP contribution in [0.3, 0.4) is 0 Å². The third-order valence-electron chi connectivity index (χ3n) is 3.38. The lowest BCUT2D eigenvalue weighted by Gasteiger charge is -2.13. The van der Waals surface area contributed by atoms with Crippen LogP contribution >= 0.6 is 15.9 Å². The van der Waals surface area contributed by atoms with E-state index < -0.39 is 10.0 Å². The second kappa shape index (κ2) is 4.51. The summed E-state index contributed by atoms with van der Waals surface area (Å²) in [6.07, 6.45) is 2.16. The maximum absolute atomic E-state index is 12.2. The number of nitrogens with two attached hydrogens (primary N) is 1. The van der Waals surface area contributed by atoms with Crippen LogP contribution in [-0.4, -0.2) is 15.0 Å². The standard InChI is InChI=1S/C12H17BrN2O2S/c1-8-5-9(13)10(14)6-11(8)18(16,17)15-7-12(2)3-4-12/h5-6,15H,3-4,7,14H2,1-2H3. The van der Waals surface area contributed by atoms with Crippen LogP contribution in [0.15, 0.2) is 21.5 Å². The Kier molecular flexibility index (Phi) is 3.46. The zero-order valence-corrected chi connectivity index (χ0v) is 12.9. The minimum Gasteiger partial charge on any atom is -0.398 e. The third kappa shape index (κ3) is 2.87. The summed E-state index contributed by atoms with van der Waals surface area (Å²) in [5.74, 6) is 0. The number of halogens is 1. The van der Waals surface area contributed by atoms with Crippen molar-refractivity contribution in [2.24, 2.45) is 5.41 Å². The van der Waals surface area contributed by atoms with Crippen molar-refractivity contribution >= 4 is 31.6 Å². The van der Waals surface area contributed by atoms with Gasteiger partial charge in [0.05, 0.1) is 4.90 Å².